The van der Waals surface area contributed by atoms with Crippen molar-refractivity contribution in [1.82, 2.24) is 4.90 Å². The summed E-state index contributed by atoms with van der Waals surface area (Å²) in [7, 11) is 0. The molecular weight excluding hydrogens is 288 g/mol. The average Bonchev–Trinajstić information content (AvgIpc) is 2.98. The summed E-state index contributed by atoms with van der Waals surface area (Å²) in [6.45, 7) is 7.83. The zero-order valence-corrected chi connectivity index (χ0v) is 14.3. The van der Waals surface area contributed by atoms with E-state index in [2.05, 4.69) is 26.0 Å². The first kappa shape index (κ1) is 16.5. The number of aryl methyl sites for hydroxylation is 1. The van der Waals surface area contributed by atoms with Crippen LogP contribution in [0.3, 0.4) is 0 Å². The molecule has 2 saturated heterocycles. The van der Waals surface area contributed by atoms with Crippen molar-refractivity contribution in [2.45, 2.75) is 38.5 Å². The lowest BCUT2D eigenvalue weighted by molar-refractivity contribution is -0.140. The Labute approximate surface area is 139 Å². The SMILES string of the molecule is Cc1ccccc1C1(C(=O)N2CCC(C)(CN)C2)CCOCC1. The second kappa shape index (κ2) is 6.25. The molecule has 2 fully saturated rings. The lowest BCUT2D eigenvalue weighted by atomic mass is 9.71. The Morgan fingerprint density at radius 1 is 1.26 bits per heavy atom. The highest BCUT2D eigenvalue weighted by Gasteiger charge is 2.47. The number of amides is 1. The summed E-state index contributed by atoms with van der Waals surface area (Å²) in [5.41, 5.74) is 7.93. The Morgan fingerprint density at radius 3 is 2.57 bits per heavy atom. The van der Waals surface area contributed by atoms with E-state index in [4.69, 9.17) is 10.5 Å². The third-order valence-electron chi connectivity index (χ3n) is 5.75. The summed E-state index contributed by atoms with van der Waals surface area (Å²) < 4.78 is 5.57. The van der Waals surface area contributed by atoms with Crippen molar-refractivity contribution in [3.63, 3.8) is 0 Å². The fourth-order valence-corrected chi connectivity index (χ4v) is 4.09. The molecule has 2 heterocycles. The molecule has 2 aliphatic heterocycles. The Bertz CT molecular complexity index is 580. The van der Waals surface area contributed by atoms with Gasteiger partial charge < -0.3 is 15.4 Å². The van der Waals surface area contributed by atoms with Crippen molar-refractivity contribution in [3.05, 3.63) is 35.4 Å². The van der Waals surface area contributed by atoms with E-state index in [-0.39, 0.29) is 11.3 Å². The molecule has 23 heavy (non-hydrogen) atoms. The van der Waals surface area contributed by atoms with Crippen LogP contribution in [-0.4, -0.2) is 43.7 Å². The summed E-state index contributed by atoms with van der Waals surface area (Å²) >= 11 is 0. The first-order valence-corrected chi connectivity index (χ1v) is 8.64. The lowest BCUT2D eigenvalue weighted by Gasteiger charge is -2.40. The zero-order chi connectivity index (χ0) is 16.5. The van der Waals surface area contributed by atoms with Crippen LogP contribution in [0, 0.1) is 12.3 Å². The van der Waals surface area contributed by atoms with E-state index in [0.29, 0.717) is 19.8 Å². The molecule has 1 atom stereocenters. The fourth-order valence-electron chi connectivity index (χ4n) is 4.09. The monoisotopic (exact) mass is 316 g/mol. The summed E-state index contributed by atoms with van der Waals surface area (Å²) in [5.74, 6) is 0.271. The van der Waals surface area contributed by atoms with E-state index in [1.807, 2.05) is 17.0 Å². The van der Waals surface area contributed by atoms with Crippen molar-refractivity contribution in [2.75, 3.05) is 32.8 Å². The van der Waals surface area contributed by atoms with Crippen LogP contribution in [-0.2, 0) is 14.9 Å². The van der Waals surface area contributed by atoms with Crippen molar-refractivity contribution >= 4 is 5.91 Å². The van der Waals surface area contributed by atoms with Gasteiger partial charge in [-0.3, -0.25) is 4.79 Å². The minimum Gasteiger partial charge on any atom is -0.381 e. The van der Waals surface area contributed by atoms with Gasteiger partial charge in [-0.2, -0.15) is 0 Å². The van der Waals surface area contributed by atoms with Gasteiger partial charge in [-0.15, -0.1) is 0 Å². The molecule has 2 N–H and O–H groups in total. The number of nitrogens with two attached hydrogens (primary N) is 1. The van der Waals surface area contributed by atoms with Gasteiger partial charge >= 0.3 is 0 Å². The maximum atomic E-state index is 13.5. The molecule has 4 nitrogen and oxygen atoms in total. The molecule has 2 aliphatic rings. The van der Waals surface area contributed by atoms with Crippen LogP contribution in [0.4, 0.5) is 0 Å². The first-order chi connectivity index (χ1) is 11.0. The zero-order valence-electron chi connectivity index (χ0n) is 14.3. The summed E-state index contributed by atoms with van der Waals surface area (Å²) in [6.07, 6.45) is 2.54. The van der Waals surface area contributed by atoms with E-state index < -0.39 is 5.41 Å². The second-order valence-corrected chi connectivity index (χ2v) is 7.50. The Balaban J connectivity index is 1.94. The fraction of sp³-hybridized carbons (Fsp3) is 0.632. The van der Waals surface area contributed by atoms with Crippen molar-refractivity contribution in [1.29, 1.82) is 0 Å². The molecule has 1 unspecified atom stereocenters. The molecule has 0 bridgehead atoms. The predicted molar refractivity (Wildman–Crippen MR) is 91.3 cm³/mol. The Kier molecular flexibility index (Phi) is 4.47. The summed E-state index contributed by atoms with van der Waals surface area (Å²) in [5, 5.41) is 0. The lowest BCUT2D eigenvalue weighted by Crippen LogP contribution is -2.50. The van der Waals surface area contributed by atoms with Crippen LogP contribution >= 0.6 is 0 Å². The van der Waals surface area contributed by atoms with E-state index in [1.165, 1.54) is 11.1 Å². The van der Waals surface area contributed by atoms with Gasteiger partial charge in [-0.05, 0) is 49.3 Å². The van der Waals surface area contributed by atoms with E-state index in [1.54, 1.807) is 0 Å². The topological polar surface area (TPSA) is 55.6 Å². The Hall–Kier alpha value is -1.39. The van der Waals surface area contributed by atoms with Crippen molar-refractivity contribution < 1.29 is 9.53 Å². The summed E-state index contributed by atoms with van der Waals surface area (Å²) in [4.78, 5) is 15.6. The maximum Gasteiger partial charge on any atom is 0.233 e. The standard InChI is InChI=1S/C19H28N2O2/c1-15-5-3-4-6-16(15)19(8-11-23-12-9-19)17(22)21-10-7-18(2,13-20)14-21/h3-6H,7-14,20H2,1-2H3. The number of carbonyl (C=O) groups excluding carboxylic acids is 1. The van der Waals surface area contributed by atoms with Crippen LogP contribution in [0.2, 0.25) is 0 Å². The smallest absolute Gasteiger partial charge is 0.233 e. The van der Waals surface area contributed by atoms with Gasteiger partial charge in [-0.1, -0.05) is 31.2 Å². The molecule has 4 heteroatoms. The Morgan fingerprint density at radius 2 is 1.96 bits per heavy atom. The largest absolute Gasteiger partial charge is 0.381 e. The second-order valence-electron chi connectivity index (χ2n) is 7.50. The van der Waals surface area contributed by atoms with Crippen molar-refractivity contribution in [2.24, 2.45) is 11.1 Å². The number of likely N-dealkylation sites (tertiary alicyclic amines) is 1. The highest BCUT2D eigenvalue weighted by molar-refractivity contribution is 5.89. The third-order valence-corrected chi connectivity index (χ3v) is 5.75. The summed E-state index contributed by atoms with van der Waals surface area (Å²) in [6, 6.07) is 8.31. The molecule has 1 amide bonds. The number of nitrogens with zero attached hydrogens (tertiary/aromatic N) is 1. The highest BCUT2D eigenvalue weighted by Crippen LogP contribution is 2.40. The number of hydrogen-bond donors (Lipinski definition) is 1. The molecular formula is C19H28N2O2. The minimum absolute atomic E-state index is 0.0632. The van der Waals surface area contributed by atoms with Gasteiger partial charge in [0.15, 0.2) is 0 Å². The van der Waals surface area contributed by atoms with E-state index >= 15 is 0 Å². The van der Waals surface area contributed by atoms with Crippen LogP contribution < -0.4 is 5.73 Å². The van der Waals surface area contributed by atoms with Crippen LogP contribution in [0.5, 0.6) is 0 Å². The average molecular weight is 316 g/mol. The quantitative estimate of drug-likeness (QED) is 0.930. The first-order valence-electron chi connectivity index (χ1n) is 8.64. The minimum atomic E-state index is -0.427. The predicted octanol–water partition coefficient (Wildman–Crippen LogP) is 2.24. The van der Waals surface area contributed by atoms with Crippen molar-refractivity contribution in [3.8, 4) is 0 Å². The van der Waals surface area contributed by atoms with E-state index in [9.17, 15) is 4.79 Å². The van der Waals surface area contributed by atoms with Crippen LogP contribution in [0.25, 0.3) is 0 Å². The maximum absolute atomic E-state index is 13.5. The van der Waals surface area contributed by atoms with Gasteiger partial charge in [0, 0.05) is 26.3 Å². The van der Waals surface area contributed by atoms with Gasteiger partial charge in [0.25, 0.3) is 0 Å². The molecule has 0 spiro atoms. The normalized spacial score (nSPS) is 27.2. The number of hydrogen-bond acceptors (Lipinski definition) is 3. The molecule has 0 aliphatic carbocycles. The molecule has 0 aromatic heterocycles. The number of rotatable bonds is 3. The molecule has 1 aromatic carbocycles. The molecule has 1 aromatic rings. The molecule has 126 valence electrons. The molecule has 3 rings (SSSR count). The number of carbonyl (C=O) groups is 1. The number of ether oxygens (including phenoxy) is 1. The van der Waals surface area contributed by atoms with Gasteiger partial charge in [-0.25, -0.2) is 0 Å². The molecule has 0 saturated carbocycles. The number of benzene rings is 1. The van der Waals surface area contributed by atoms with Gasteiger partial charge in [0.1, 0.15) is 0 Å². The molecule has 0 radical (unpaired) electrons. The van der Waals surface area contributed by atoms with Gasteiger partial charge in [0.05, 0.1) is 5.41 Å². The van der Waals surface area contributed by atoms with Crippen LogP contribution in [0.1, 0.15) is 37.3 Å². The van der Waals surface area contributed by atoms with Crippen LogP contribution in [0.15, 0.2) is 24.3 Å². The van der Waals surface area contributed by atoms with E-state index in [0.717, 1.165) is 32.4 Å². The van der Waals surface area contributed by atoms with Gasteiger partial charge in [0.2, 0.25) is 5.91 Å². The third kappa shape index (κ3) is 2.90. The highest BCUT2D eigenvalue weighted by atomic mass is 16.5.